The summed E-state index contributed by atoms with van der Waals surface area (Å²) in [4.78, 5) is 54.4. The number of ketones is 3. The fraction of sp³-hybridized carbons (Fsp3) is 0.179. The lowest BCUT2D eigenvalue weighted by molar-refractivity contribution is -0.384. The molecule has 3 aromatic rings. The van der Waals surface area contributed by atoms with Gasteiger partial charge in [0.15, 0.2) is 17.3 Å². The number of non-ortho nitro benzene ring substituents is 1. The summed E-state index contributed by atoms with van der Waals surface area (Å²) < 4.78 is 0. The zero-order chi connectivity index (χ0) is 24.5. The largest absolute Gasteiger partial charge is 0.352 e. The Hall–Kier alpha value is -4.39. The van der Waals surface area contributed by atoms with Gasteiger partial charge >= 0.3 is 0 Å². The molecule has 172 valence electrons. The molecule has 0 saturated carbocycles. The van der Waals surface area contributed by atoms with E-state index in [2.05, 4.69) is 0 Å². The van der Waals surface area contributed by atoms with Crippen molar-refractivity contribution in [1.29, 1.82) is 0 Å². The van der Waals surface area contributed by atoms with Gasteiger partial charge in [-0.2, -0.15) is 0 Å². The van der Waals surface area contributed by atoms with Crippen molar-refractivity contribution in [3.05, 3.63) is 111 Å². The number of benzene rings is 3. The Kier molecular flexibility index (Phi) is 4.42. The van der Waals surface area contributed by atoms with Crippen LogP contribution < -0.4 is 4.90 Å². The molecule has 0 bridgehead atoms. The van der Waals surface area contributed by atoms with Gasteiger partial charge in [-0.3, -0.25) is 24.5 Å². The van der Waals surface area contributed by atoms with Gasteiger partial charge in [-0.1, -0.05) is 66.7 Å². The number of hydrogen-bond donors (Lipinski definition) is 0. The Balaban J connectivity index is 1.66. The fourth-order valence-electron chi connectivity index (χ4n) is 6.25. The highest BCUT2D eigenvalue weighted by atomic mass is 16.6. The third kappa shape index (κ3) is 2.63. The molecule has 1 spiro atoms. The molecule has 2 heterocycles. The zero-order valence-electron chi connectivity index (χ0n) is 18.8. The van der Waals surface area contributed by atoms with E-state index in [1.165, 1.54) is 19.1 Å². The predicted molar refractivity (Wildman–Crippen MR) is 130 cm³/mol. The smallest absolute Gasteiger partial charge is 0.269 e. The van der Waals surface area contributed by atoms with Crippen LogP contribution in [0.15, 0.2) is 78.9 Å². The first-order chi connectivity index (χ1) is 16.9. The number of hydrogen-bond acceptors (Lipinski definition) is 6. The molecule has 3 aromatic carbocycles. The van der Waals surface area contributed by atoms with Gasteiger partial charge in [0.2, 0.25) is 0 Å². The molecule has 1 saturated heterocycles. The Labute approximate surface area is 200 Å². The summed E-state index contributed by atoms with van der Waals surface area (Å²) in [6.45, 7) is 1.47. The van der Waals surface area contributed by atoms with Crippen LogP contribution in [0.5, 0.6) is 0 Å². The molecule has 0 radical (unpaired) electrons. The summed E-state index contributed by atoms with van der Waals surface area (Å²) >= 11 is 0. The molecule has 3 aliphatic rings. The van der Waals surface area contributed by atoms with Gasteiger partial charge in [-0.05, 0) is 24.1 Å². The summed E-state index contributed by atoms with van der Waals surface area (Å²) in [5.74, 6) is -1.64. The maximum absolute atomic E-state index is 14.2. The lowest BCUT2D eigenvalue weighted by Gasteiger charge is -2.37. The second kappa shape index (κ2) is 7.30. The first-order valence-corrected chi connectivity index (χ1v) is 11.4. The minimum absolute atomic E-state index is 0.101. The fourth-order valence-corrected chi connectivity index (χ4v) is 6.25. The zero-order valence-corrected chi connectivity index (χ0v) is 18.8. The van der Waals surface area contributed by atoms with Gasteiger partial charge in [-0.15, -0.1) is 0 Å². The van der Waals surface area contributed by atoms with Crippen molar-refractivity contribution in [3.8, 4) is 0 Å². The molecule has 0 aromatic heterocycles. The van der Waals surface area contributed by atoms with E-state index in [-0.39, 0.29) is 23.0 Å². The van der Waals surface area contributed by atoms with Crippen LogP contribution >= 0.6 is 0 Å². The second-order valence-corrected chi connectivity index (χ2v) is 9.22. The molecule has 7 heteroatoms. The third-order valence-corrected chi connectivity index (χ3v) is 7.59. The summed E-state index contributed by atoms with van der Waals surface area (Å²) in [6.07, 6.45) is 3.75. The summed E-state index contributed by atoms with van der Waals surface area (Å²) in [5, 5.41) is 11.3. The molecule has 1 aliphatic carbocycles. The van der Waals surface area contributed by atoms with E-state index in [1.807, 2.05) is 41.3 Å². The third-order valence-electron chi connectivity index (χ3n) is 7.59. The van der Waals surface area contributed by atoms with Crippen LogP contribution in [0.4, 0.5) is 11.4 Å². The van der Waals surface area contributed by atoms with E-state index in [1.54, 1.807) is 36.4 Å². The Bertz CT molecular complexity index is 1440. The maximum atomic E-state index is 14.2. The van der Waals surface area contributed by atoms with E-state index in [4.69, 9.17) is 0 Å². The van der Waals surface area contributed by atoms with Crippen molar-refractivity contribution in [1.82, 2.24) is 0 Å². The summed E-state index contributed by atoms with van der Waals surface area (Å²) in [7, 11) is 0. The molecule has 6 rings (SSSR count). The molecule has 1 fully saturated rings. The van der Waals surface area contributed by atoms with Crippen LogP contribution in [-0.2, 0) is 4.79 Å². The summed E-state index contributed by atoms with van der Waals surface area (Å²) in [5.41, 5.74) is 1.24. The number of nitro groups is 1. The minimum Gasteiger partial charge on any atom is -0.352 e. The number of nitrogens with zero attached hydrogens (tertiary/aromatic N) is 2. The van der Waals surface area contributed by atoms with Crippen LogP contribution in [0.3, 0.4) is 0 Å². The van der Waals surface area contributed by atoms with Gasteiger partial charge in [-0.25, -0.2) is 0 Å². The van der Waals surface area contributed by atoms with Crippen molar-refractivity contribution in [2.45, 2.75) is 24.9 Å². The number of Topliss-reactive ketones (excluding diaryl/α,β-unsaturated/α-hetero) is 3. The molecule has 0 amide bonds. The molecule has 35 heavy (non-hydrogen) atoms. The van der Waals surface area contributed by atoms with Gasteiger partial charge in [0.25, 0.3) is 5.69 Å². The second-order valence-electron chi connectivity index (χ2n) is 9.22. The van der Waals surface area contributed by atoms with Crippen LogP contribution in [0, 0.1) is 15.5 Å². The molecule has 0 unspecified atom stereocenters. The summed E-state index contributed by atoms with van der Waals surface area (Å²) in [6, 6.07) is 18.7. The highest BCUT2D eigenvalue weighted by molar-refractivity contribution is 6.32. The monoisotopic (exact) mass is 464 g/mol. The predicted octanol–water partition coefficient (Wildman–Crippen LogP) is 4.62. The SMILES string of the molecule is CC(=O)[C@@H]1[C@@H](c2ccc([N+](=O)[O-])cc2)C2(C(=O)c3ccccc3C2=O)[C@@H]2C=Cc3ccccc3N12. The van der Waals surface area contributed by atoms with Crippen molar-refractivity contribution in [2.24, 2.45) is 5.41 Å². The molecular weight excluding hydrogens is 444 g/mol. The van der Waals surface area contributed by atoms with Crippen LogP contribution in [0.1, 0.15) is 44.7 Å². The standard InChI is InChI=1S/C28H20N2O5/c1-16(31)25-24(18-10-13-19(14-11-18)30(34)35)28(26(32)20-7-3-4-8-21(20)27(28)33)23-15-12-17-6-2-5-9-22(17)29(23)25/h2-15,23-25H,1H3/t23-,24+,25+/m0/s1. The van der Waals surface area contributed by atoms with Crippen LogP contribution in [0.25, 0.3) is 6.08 Å². The Morgan fingerprint density at radius 1 is 0.914 bits per heavy atom. The molecule has 0 N–H and O–H groups in total. The van der Waals surface area contributed by atoms with E-state index in [0.717, 1.165) is 11.3 Å². The quantitative estimate of drug-likeness (QED) is 0.319. The first kappa shape index (κ1) is 21.2. The first-order valence-electron chi connectivity index (χ1n) is 11.4. The van der Waals surface area contributed by atoms with Gasteiger partial charge < -0.3 is 4.90 Å². The number of fused-ring (bicyclic) bond motifs is 5. The maximum Gasteiger partial charge on any atom is 0.269 e. The van der Waals surface area contributed by atoms with Crippen LogP contribution in [-0.4, -0.2) is 34.4 Å². The number of nitro benzene ring substituents is 1. The molecule has 7 nitrogen and oxygen atoms in total. The average molecular weight is 464 g/mol. The number of para-hydroxylation sites is 1. The van der Waals surface area contributed by atoms with Crippen molar-refractivity contribution in [3.63, 3.8) is 0 Å². The van der Waals surface area contributed by atoms with Crippen LogP contribution in [0.2, 0.25) is 0 Å². The molecule has 2 aliphatic heterocycles. The average Bonchev–Trinajstić information content (AvgIpc) is 3.31. The normalized spacial score (nSPS) is 23.2. The van der Waals surface area contributed by atoms with Gasteiger partial charge in [0.1, 0.15) is 5.41 Å². The number of carbonyl (C=O) groups excluding carboxylic acids is 3. The molecular formula is C28H20N2O5. The van der Waals surface area contributed by atoms with Gasteiger partial charge in [0, 0.05) is 34.9 Å². The van der Waals surface area contributed by atoms with Gasteiger partial charge in [0.05, 0.1) is 17.0 Å². The highest BCUT2D eigenvalue weighted by Gasteiger charge is 2.71. The van der Waals surface area contributed by atoms with Crippen molar-refractivity contribution < 1.29 is 19.3 Å². The van der Waals surface area contributed by atoms with E-state index in [0.29, 0.717) is 16.7 Å². The van der Waals surface area contributed by atoms with E-state index in [9.17, 15) is 24.5 Å². The lowest BCUT2D eigenvalue weighted by Crippen LogP contribution is -2.48. The molecule has 3 atom stereocenters. The lowest BCUT2D eigenvalue weighted by atomic mass is 9.64. The van der Waals surface area contributed by atoms with E-state index >= 15 is 0 Å². The number of rotatable bonds is 3. The van der Waals surface area contributed by atoms with Crippen molar-refractivity contribution >= 4 is 34.8 Å². The van der Waals surface area contributed by atoms with E-state index < -0.39 is 28.3 Å². The topological polar surface area (TPSA) is 97.6 Å². The number of carbonyl (C=O) groups is 3. The minimum atomic E-state index is -1.57. The van der Waals surface area contributed by atoms with Crippen molar-refractivity contribution in [2.75, 3.05) is 4.90 Å². The Morgan fingerprint density at radius 3 is 2.11 bits per heavy atom. The Morgan fingerprint density at radius 2 is 1.51 bits per heavy atom. The highest BCUT2D eigenvalue weighted by Crippen LogP contribution is 2.60. The number of anilines is 1.